The van der Waals surface area contributed by atoms with Gasteiger partial charge in [0, 0.05) is 44.3 Å². The number of aliphatic carboxylic acids is 1. The summed E-state index contributed by atoms with van der Waals surface area (Å²) < 4.78 is 65.5. The summed E-state index contributed by atoms with van der Waals surface area (Å²) >= 11 is 0. The lowest BCUT2D eigenvalue weighted by Gasteiger charge is -2.31. The Kier molecular flexibility index (Phi) is 8.87. The van der Waals surface area contributed by atoms with Gasteiger partial charge < -0.3 is 20.3 Å². The van der Waals surface area contributed by atoms with E-state index in [1.165, 1.54) is 12.1 Å². The van der Waals surface area contributed by atoms with E-state index in [0.29, 0.717) is 48.5 Å². The Labute approximate surface area is 229 Å². The summed E-state index contributed by atoms with van der Waals surface area (Å²) in [5.41, 5.74) is 0.897. The first-order chi connectivity index (χ1) is 19.4. The number of carboxylic acid groups (broad SMARTS) is 2. The number of aromatic carboxylic acids is 1. The molecule has 0 spiro atoms. The van der Waals surface area contributed by atoms with Gasteiger partial charge in [-0.25, -0.2) is 18.4 Å². The number of anilines is 1. The lowest BCUT2D eigenvalue weighted by molar-refractivity contribution is -0.192. The van der Waals surface area contributed by atoms with Crippen molar-refractivity contribution in [2.24, 2.45) is 5.92 Å². The molecule has 10 nitrogen and oxygen atoms in total. The maximum Gasteiger partial charge on any atom is 0.490 e. The monoisotopic (exact) mass is 584 g/mol. The van der Waals surface area contributed by atoms with Crippen LogP contribution >= 0.6 is 0 Å². The zero-order chi connectivity index (χ0) is 29.9. The molecule has 2 aliphatic rings. The van der Waals surface area contributed by atoms with Gasteiger partial charge in [0.1, 0.15) is 11.6 Å². The van der Waals surface area contributed by atoms with Crippen molar-refractivity contribution in [3.8, 4) is 0 Å². The summed E-state index contributed by atoms with van der Waals surface area (Å²) in [6.45, 7) is 2.13. The van der Waals surface area contributed by atoms with Crippen molar-refractivity contribution in [1.82, 2.24) is 15.1 Å². The number of hydrogen-bond acceptors (Lipinski definition) is 6. The largest absolute Gasteiger partial charge is 0.490 e. The number of likely N-dealkylation sites (tertiary alicyclic amines) is 1. The number of alkyl halides is 3. The molecule has 4 N–H and O–H groups in total. The van der Waals surface area contributed by atoms with Crippen molar-refractivity contribution in [3.05, 3.63) is 59.3 Å². The first kappa shape index (κ1) is 29.9. The number of carboxylic acids is 2. The summed E-state index contributed by atoms with van der Waals surface area (Å²) in [6, 6.07) is 8.63. The number of nitrogens with zero attached hydrogens (tertiary/aromatic N) is 2. The molecule has 3 aromatic rings. The molecule has 0 radical (unpaired) electrons. The fourth-order valence-corrected chi connectivity index (χ4v) is 5.12. The van der Waals surface area contributed by atoms with Crippen LogP contribution in [0.2, 0.25) is 0 Å². The molecule has 0 aliphatic carbocycles. The average molecular weight is 584 g/mol. The van der Waals surface area contributed by atoms with E-state index in [0.717, 1.165) is 18.9 Å². The van der Waals surface area contributed by atoms with Gasteiger partial charge in [-0.3, -0.25) is 14.8 Å². The van der Waals surface area contributed by atoms with Gasteiger partial charge in [-0.05, 0) is 36.6 Å². The standard InChI is InChI=1S/C24H24F2N4O4.C2HF3O2/c25-13-4-5-15(18(26)10-13)16-11-30(14-6-8-34-9-7-14)12-17(16)23(31)27-19-2-1-3-20-21(19)22(24(32)33)29-28-20;3-2(4,5)1(6)7/h1-5,10,14,16-17H,6-9,11-12H2,(H,27,31)(H,28,29)(H,32,33);(H,6,7)/t16-,17+;/m0./s1. The van der Waals surface area contributed by atoms with Crippen LogP contribution in [0.4, 0.5) is 27.6 Å². The van der Waals surface area contributed by atoms with Crippen molar-refractivity contribution < 1.29 is 51.3 Å². The molecule has 0 unspecified atom stereocenters. The summed E-state index contributed by atoms with van der Waals surface area (Å²) in [6.07, 6.45) is -3.44. The van der Waals surface area contributed by atoms with Gasteiger partial charge >= 0.3 is 18.1 Å². The highest BCUT2D eigenvalue weighted by atomic mass is 19.4. The third-order valence-corrected chi connectivity index (χ3v) is 7.05. The number of hydrogen-bond donors (Lipinski definition) is 4. The molecule has 2 atom stereocenters. The van der Waals surface area contributed by atoms with Crippen molar-refractivity contribution >= 4 is 34.4 Å². The van der Waals surface area contributed by atoms with E-state index in [1.54, 1.807) is 18.2 Å². The quantitative estimate of drug-likeness (QED) is 0.330. The van der Waals surface area contributed by atoms with Gasteiger partial charge in [0.2, 0.25) is 5.91 Å². The van der Waals surface area contributed by atoms with Crippen LogP contribution in [0.25, 0.3) is 10.9 Å². The lowest BCUT2D eigenvalue weighted by Crippen LogP contribution is -2.38. The Morgan fingerprint density at radius 2 is 1.73 bits per heavy atom. The number of rotatable bonds is 5. The number of aromatic amines is 1. The molecule has 5 rings (SSSR count). The number of carbonyl (C=O) groups excluding carboxylic acids is 1. The minimum absolute atomic E-state index is 0.192. The Morgan fingerprint density at radius 3 is 2.34 bits per heavy atom. The topological polar surface area (TPSA) is 145 Å². The molecular formula is C26H25F5N4O6. The molecule has 3 heterocycles. The van der Waals surface area contributed by atoms with Crippen LogP contribution in [-0.2, 0) is 14.3 Å². The number of halogens is 5. The zero-order valence-electron chi connectivity index (χ0n) is 21.3. The van der Waals surface area contributed by atoms with Crippen LogP contribution < -0.4 is 5.32 Å². The van der Waals surface area contributed by atoms with Gasteiger partial charge in [0.25, 0.3) is 0 Å². The molecule has 2 aliphatic heterocycles. The van der Waals surface area contributed by atoms with Crippen LogP contribution in [0, 0.1) is 17.6 Å². The fourth-order valence-electron chi connectivity index (χ4n) is 5.12. The molecule has 2 saturated heterocycles. The molecule has 0 saturated carbocycles. The van der Waals surface area contributed by atoms with Gasteiger partial charge in [-0.1, -0.05) is 12.1 Å². The number of amides is 1. The van der Waals surface area contributed by atoms with Crippen molar-refractivity contribution in [2.75, 3.05) is 31.6 Å². The third-order valence-electron chi connectivity index (χ3n) is 7.05. The second kappa shape index (κ2) is 12.2. The maximum atomic E-state index is 14.8. The van der Waals surface area contributed by atoms with Crippen molar-refractivity contribution in [3.63, 3.8) is 0 Å². The molecule has 15 heteroatoms. The van der Waals surface area contributed by atoms with E-state index in [1.807, 2.05) is 0 Å². The van der Waals surface area contributed by atoms with Gasteiger partial charge in [0.15, 0.2) is 5.69 Å². The van der Waals surface area contributed by atoms with Crippen molar-refractivity contribution in [2.45, 2.75) is 31.0 Å². The molecular weight excluding hydrogens is 559 g/mol. The number of carbonyl (C=O) groups is 3. The fraction of sp³-hybridized carbons (Fsp3) is 0.385. The van der Waals surface area contributed by atoms with E-state index in [4.69, 9.17) is 14.6 Å². The number of nitrogens with one attached hydrogen (secondary N) is 2. The summed E-state index contributed by atoms with van der Waals surface area (Å²) in [5, 5.41) is 26.3. The number of H-pyrrole nitrogens is 1. The first-order valence-electron chi connectivity index (χ1n) is 12.4. The molecule has 41 heavy (non-hydrogen) atoms. The van der Waals surface area contributed by atoms with E-state index in [9.17, 15) is 36.6 Å². The Hall–Kier alpha value is -4.11. The predicted octanol–water partition coefficient (Wildman–Crippen LogP) is 4.01. The van der Waals surface area contributed by atoms with Gasteiger partial charge in [-0.2, -0.15) is 18.3 Å². The molecule has 2 fully saturated rings. The zero-order valence-corrected chi connectivity index (χ0v) is 21.3. The Balaban J connectivity index is 0.000000493. The highest BCUT2D eigenvalue weighted by Crippen LogP contribution is 2.38. The summed E-state index contributed by atoms with van der Waals surface area (Å²) in [4.78, 5) is 36.2. The smallest absolute Gasteiger partial charge is 0.476 e. The summed E-state index contributed by atoms with van der Waals surface area (Å²) in [7, 11) is 0. The van der Waals surface area contributed by atoms with Crippen LogP contribution in [0.15, 0.2) is 36.4 Å². The van der Waals surface area contributed by atoms with E-state index in [-0.39, 0.29) is 17.6 Å². The highest BCUT2D eigenvalue weighted by molar-refractivity contribution is 6.10. The summed E-state index contributed by atoms with van der Waals surface area (Å²) in [5.74, 6) is -6.77. The Morgan fingerprint density at radius 1 is 1.05 bits per heavy atom. The highest BCUT2D eigenvalue weighted by Gasteiger charge is 2.42. The van der Waals surface area contributed by atoms with E-state index < -0.39 is 41.6 Å². The molecule has 1 amide bonds. The number of aromatic nitrogens is 2. The first-order valence-corrected chi connectivity index (χ1v) is 12.4. The van der Waals surface area contributed by atoms with E-state index >= 15 is 0 Å². The number of benzene rings is 2. The van der Waals surface area contributed by atoms with Gasteiger partial charge in [0.05, 0.1) is 22.5 Å². The number of ether oxygens (including phenoxy) is 1. The molecule has 2 aromatic carbocycles. The minimum atomic E-state index is -5.08. The normalized spacial score (nSPS) is 19.9. The number of fused-ring (bicyclic) bond motifs is 1. The molecule has 220 valence electrons. The van der Waals surface area contributed by atoms with Crippen molar-refractivity contribution in [1.29, 1.82) is 0 Å². The van der Waals surface area contributed by atoms with Crippen LogP contribution in [-0.4, -0.2) is 81.7 Å². The van der Waals surface area contributed by atoms with E-state index in [2.05, 4.69) is 20.4 Å². The molecule has 0 bridgehead atoms. The third kappa shape index (κ3) is 6.79. The molecule has 1 aromatic heterocycles. The van der Waals surface area contributed by atoms with Gasteiger partial charge in [-0.15, -0.1) is 0 Å². The SMILES string of the molecule is O=C(O)C(F)(F)F.O=C(O)c1n[nH]c2cccc(NC(=O)[C@@H]3CN(C4CCOCC4)C[C@H]3c3ccc(F)cc3F)c12. The maximum absolute atomic E-state index is 14.8. The second-order valence-electron chi connectivity index (χ2n) is 9.57. The average Bonchev–Trinajstić information content (AvgIpc) is 3.55. The van der Waals surface area contributed by atoms with Crippen LogP contribution in [0.5, 0.6) is 0 Å². The lowest BCUT2D eigenvalue weighted by atomic mass is 9.88. The minimum Gasteiger partial charge on any atom is -0.476 e. The Bertz CT molecular complexity index is 1440. The predicted molar refractivity (Wildman–Crippen MR) is 133 cm³/mol. The van der Waals surface area contributed by atoms with Crippen LogP contribution in [0.3, 0.4) is 0 Å². The van der Waals surface area contributed by atoms with Crippen LogP contribution in [0.1, 0.15) is 34.8 Å². The second-order valence-corrected chi connectivity index (χ2v) is 9.57.